The molecule has 26 heavy (non-hydrogen) atoms. The van der Waals surface area contributed by atoms with Crippen LogP contribution in [0, 0.1) is 0 Å². The summed E-state index contributed by atoms with van der Waals surface area (Å²) in [6, 6.07) is 8.50. The topological polar surface area (TPSA) is 37.4 Å². The van der Waals surface area contributed by atoms with E-state index in [-0.39, 0.29) is 17.1 Å². The van der Waals surface area contributed by atoms with Crippen LogP contribution >= 0.6 is 0 Å². The Labute approximate surface area is 158 Å². The van der Waals surface area contributed by atoms with Crippen LogP contribution in [0.5, 0.6) is 0 Å². The van der Waals surface area contributed by atoms with Crippen molar-refractivity contribution in [3.8, 4) is 0 Å². The van der Waals surface area contributed by atoms with Gasteiger partial charge >= 0.3 is 0 Å². The third-order valence-electron chi connectivity index (χ3n) is 5.16. The molecule has 0 radical (unpaired) electrons. The van der Waals surface area contributed by atoms with Crippen molar-refractivity contribution in [1.29, 1.82) is 0 Å². The van der Waals surface area contributed by atoms with Gasteiger partial charge in [-0.2, -0.15) is 0 Å². The Morgan fingerprint density at radius 3 is 2.73 bits per heavy atom. The molecule has 0 aromatic heterocycles. The first kappa shape index (κ1) is 20.4. The van der Waals surface area contributed by atoms with Crippen LogP contribution in [0.2, 0.25) is 0 Å². The van der Waals surface area contributed by atoms with Crippen LogP contribution in [0.15, 0.2) is 36.4 Å². The second-order valence-corrected chi connectivity index (χ2v) is 8.38. The fraction of sp³-hybridized carbons (Fsp3) is 0.565. The summed E-state index contributed by atoms with van der Waals surface area (Å²) in [7, 11) is 0. The van der Waals surface area contributed by atoms with E-state index in [1.165, 1.54) is 11.1 Å². The molecule has 142 valence electrons. The summed E-state index contributed by atoms with van der Waals surface area (Å²) in [5, 5.41) is 0. The highest BCUT2D eigenvalue weighted by Gasteiger charge is 2.25. The molecule has 1 aliphatic rings. The third kappa shape index (κ3) is 6.12. The van der Waals surface area contributed by atoms with Crippen LogP contribution in [-0.4, -0.2) is 29.7 Å². The van der Waals surface area contributed by atoms with E-state index in [4.69, 9.17) is 0 Å². The number of benzene rings is 1. The monoisotopic (exact) mass is 355 g/mol. The molecule has 0 bridgehead atoms. The number of rotatable bonds is 9. The zero-order chi connectivity index (χ0) is 19.2. The van der Waals surface area contributed by atoms with Crippen molar-refractivity contribution in [1.82, 2.24) is 4.90 Å². The summed E-state index contributed by atoms with van der Waals surface area (Å²) in [5.74, 6) is 0.531. The van der Waals surface area contributed by atoms with Crippen LogP contribution in [0.1, 0.15) is 70.4 Å². The Balaban J connectivity index is 1.86. The molecule has 0 spiro atoms. The molecule has 3 heteroatoms. The molecule has 0 aliphatic carbocycles. The summed E-state index contributed by atoms with van der Waals surface area (Å²) >= 11 is 0. The van der Waals surface area contributed by atoms with Crippen molar-refractivity contribution in [2.24, 2.45) is 0 Å². The number of allylic oxidation sites excluding steroid dienone is 1. The number of ketones is 1. The van der Waals surface area contributed by atoms with E-state index in [1.54, 1.807) is 0 Å². The first-order chi connectivity index (χ1) is 12.3. The first-order valence-electron chi connectivity index (χ1n) is 9.81. The van der Waals surface area contributed by atoms with Gasteiger partial charge < -0.3 is 4.90 Å². The van der Waals surface area contributed by atoms with Gasteiger partial charge in [0.25, 0.3) is 0 Å². The number of carbonyl (C=O) groups excluding carboxylic acids is 2. The molecular weight excluding hydrogens is 322 g/mol. The number of nitrogens with zero attached hydrogens (tertiary/aromatic N) is 1. The molecule has 1 aromatic rings. The summed E-state index contributed by atoms with van der Waals surface area (Å²) in [4.78, 5) is 26.2. The first-order valence-corrected chi connectivity index (χ1v) is 9.81. The molecule has 1 aromatic carbocycles. The molecule has 1 heterocycles. The minimum atomic E-state index is -0.177. The average Bonchev–Trinajstić information content (AvgIpc) is 2.56. The smallest absolute Gasteiger partial charge is 0.222 e. The maximum absolute atomic E-state index is 12.5. The van der Waals surface area contributed by atoms with Crippen LogP contribution in [0.3, 0.4) is 0 Å². The predicted octanol–water partition coefficient (Wildman–Crippen LogP) is 4.83. The largest absolute Gasteiger partial charge is 0.343 e. The number of amides is 1. The van der Waals surface area contributed by atoms with E-state index < -0.39 is 0 Å². The lowest BCUT2D eigenvalue weighted by atomic mass is 9.79. The van der Waals surface area contributed by atoms with Crippen molar-refractivity contribution in [2.45, 2.75) is 71.1 Å². The van der Waals surface area contributed by atoms with Crippen LogP contribution < -0.4 is 0 Å². The molecule has 1 saturated heterocycles. The van der Waals surface area contributed by atoms with Gasteiger partial charge in [0.1, 0.15) is 5.78 Å². The maximum atomic E-state index is 12.5. The van der Waals surface area contributed by atoms with Gasteiger partial charge in [-0.05, 0) is 49.1 Å². The fourth-order valence-electron chi connectivity index (χ4n) is 3.70. The summed E-state index contributed by atoms with van der Waals surface area (Å²) in [6.07, 6.45) is 5.51. The summed E-state index contributed by atoms with van der Waals surface area (Å²) in [5.41, 5.74) is 3.42. The van der Waals surface area contributed by atoms with Crippen molar-refractivity contribution in [3.63, 3.8) is 0 Å². The van der Waals surface area contributed by atoms with Gasteiger partial charge in [0, 0.05) is 32.4 Å². The van der Waals surface area contributed by atoms with E-state index in [0.717, 1.165) is 44.3 Å². The zero-order valence-electron chi connectivity index (χ0n) is 16.6. The highest BCUT2D eigenvalue weighted by Crippen LogP contribution is 2.29. The van der Waals surface area contributed by atoms with E-state index in [1.807, 2.05) is 11.8 Å². The molecule has 0 atom stereocenters. The van der Waals surface area contributed by atoms with Gasteiger partial charge in [-0.3, -0.25) is 9.59 Å². The van der Waals surface area contributed by atoms with Gasteiger partial charge in [-0.15, -0.1) is 0 Å². The Morgan fingerprint density at radius 2 is 2.04 bits per heavy atom. The van der Waals surface area contributed by atoms with Crippen LogP contribution in [0.4, 0.5) is 0 Å². The highest BCUT2D eigenvalue weighted by atomic mass is 16.2. The van der Waals surface area contributed by atoms with Gasteiger partial charge in [0.05, 0.1) is 0 Å². The minimum Gasteiger partial charge on any atom is -0.343 e. The molecule has 0 unspecified atom stereocenters. The highest BCUT2D eigenvalue weighted by molar-refractivity contribution is 5.80. The molecule has 3 nitrogen and oxygen atoms in total. The number of carbonyl (C=O) groups is 2. The van der Waals surface area contributed by atoms with Crippen LogP contribution in [-0.2, 0) is 21.4 Å². The van der Waals surface area contributed by atoms with Crippen molar-refractivity contribution >= 4 is 11.7 Å². The molecular formula is C23H33NO2. The second kappa shape index (κ2) is 9.16. The zero-order valence-corrected chi connectivity index (χ0v) is 16.6. The summed E-state index contributed by atoms with van der Waals surface area (Å²) in [6.45, 7) is 11.9. The molecule has 1 fully saturated rings. The quantitative estimate of drug-likeness (QED) is 0.595. The summed E-state index contributed by atoms with van der Waals surface area (Å²) < 4.78 is 0. The number of hydrogen-bond acceptors (Lipinski definition) is 2. The normalized spacial score (nSPS) is 15.2. The molecule has 0 saturated carbocycles. The lowest BCUT2D eigenvalue weighted by molar-refractivity contribution is -0.133. The van der Waals surface area contributed by atoms with Gasteiger partial charge in [0.2, 0.25) is 5.91 Å². The van der Waals surface area contributed by atoms with Gasteiger partial charge in [-0.1, -0.05) is 50.3 Å². The van der Waals surface area contributed by atoms with E-state index in [9.17, 15) is 9.59 Å². The van der Waals surface area contributed by atoms with E-state index in [2.05, 4.69) is 44.7 Å². The fourth-order valence-corrected chi connectivity index (χ4v) is 3.70. The number of Topliss-reactive ketones (excluding diaryl/α,β-unsaturated/α-hetero) is 1. The van der Waals surface area contributed by atoms with E-state index >= 15 is 0 Å². The van der Waals surface area contributed by atoms with Crippen molar-refractivity contribution in [3.05, 3.63) is 47.5 Å². The standard InChI is InChI=1S/C23H33NO2/c1-18(2)15-19-9-7-10-20(16-19)23(3,4)17-21(25)11-8-14-24-13-6-5-12-22(24)26/h7,9-10,16H,1,5-6,8,11-15,17H2,2-4H3. The molecule has 2 rings (SSSR count). The average molecular weight is 356 g/mol. The number of piperidine rings is 1. The Kier molecular flexibility index (Phi) is 7.19. The minimum absolute atomic E-state index is 0.177. The predicted molar refractivity (Wildman–Crippen MR) is 107 cm³/mol. The Morgan fingerprint density at radius 1 is 1.27 bits per heavy atom. The molecule has 1 aliphatic heterocycles. The number of likely N-dealkylation sites (tertiary alicyclic amines) is 1. The molecule has 1 amide bonds. The molecule has 0 N–H and O–H groups in total. The van der Waals surface area contributed by atoms with Gasteiger partial charge in [-0.25, -0.2) is 0 Å². The maximum Gasteiger partial charge on any atom is 0.222 e. The Hall–Kier alpha value is -1.90. The lowest BCUT2D eigenvalue weighted by Gasteiger charge is -2.27. The van der Waals surface area contributed by atoms with Gasteiger partial charge in [0.15, 0.2) is 0 Å². The third-order valence-corrected chi connectivity index (χ3v) is 5.16. The second-order valence-electron chi connectivity index (χ2n) is 8.38. The van der Waals surface area contributed by atoms with Crippen LogP contribution in [0.25, 0.3) is 0 Å². The van der Waals surface area contributed by atoms with E-state index in [0.29, 0.717) is 19.3 Å². The van der Waals surface area contributed by atoms with Crippen molar-refractivity contribution in [2.75, 3.05) is 13.1 Å². The lowest BCUT2D eigenvalue weighted by Crippen LogP contribution is -2.36. The SMILES string of the molecule is C=C(C)Cc1cccc(C(C)(C)CC(=O)CCCN2CCCCC2=O)c1. The van der Waals surface area contributed by atoms with Crippen molar-refractivity contribution < 1.29 is 9.59 Å². The number of hydrogen-bond donors (Lipinski definition) is 0. The Bertz CT molecular complexity index is 660.